The van der Waals surface area contributed by atoms with Gasteiger partial charge in [-0.3, -0.25) is 4.79 Å². The molecule has 1 unspecified atom stereocenters. The number of Topliss-reactive ketones (excluding diaryl/α,β-unsaturated/α-hetero) is 1. The molecule has 1 aliphatic heterocycles. The number of nitrogens with zero attached hydrogens (tertiary/aromatic N) is 1. The van der Waals surface area contributed by atoms with Gasteiger partial charge in [-0.15, -0.1) is 0 Å². The molecule has 8 heteroatoms. The first-order valence-electron chi connectivity index (χ1n) is 10.7. The fraction of sp³-hybridized carbons (Fsp3) is 0.240. The van der Waals surface area contributed by atoms with Crippen molar-refractivity contribution in [1.29, 1.82) is 0 Å². The van der Waals surface area contributed by atoms with Crippen molar-refractivity contribution < 1.29 is 18.3 Å². The van der Waals surface area contributed by atoms with Crippen LogP contribution in [0, 0.1) is 0 Å². The molecule has 1 fully saturated rings. The maximum atomic E-state index is 12.8. The highest BCUT2D eigenvalue weighted by Crippen LogP contribution is 2.26. The number of hydrogen-bond donors (Lipinski definition) is 2. The summed E-state index contributed by atoms with van der Waals surface area (Å²) in [5.41, 5.74) is 3.25. The molecule has 0 saturated carbocycles. The molecule has 172 valence electrons. The van der Waals surface area contributed by atoms with E-state index in [1.54, 1.807) is 24.3 Å². The molecular weight excluding hydrogens is 460 g/mol. The molecule has 0 aliphatic carbocycles. The number of para-hydroxylation sites is 1. The third-order valence-electron chi connectivity index (χ3n) is 5.60. The Morgan fingerprint density at radius 1 is 1.03 bits per heavy atom. The van der Waals surface area contributed by atoms with Crippen molar-refractivity contribution in [3.63, 3.8) is 0 Å². The van der Waals surface area contributed by atoms with Crippen molar-refractivity contribution >= 4 is 38.8 Å². The van der Waals surface area contributed by atoms with E-state index >= 15 is 0 Å². The van der Waals surface area contributed by atoms with E-state index in [2.05, 4.69) is 5.32 Å². The molecule has 1 atom stereocenters. The molecule has 2 N–H and O–H groups in total. The van der Waals surface area contributed by atoms with E-state index in [-0.39, 0.29) is 30.1 Å². The van der Waals surface area contributed by atoms with E-state index in [1.807, 2.05) is 36.4 Å². The summed E-state index contributed by atoms with van der Waals surface area (Å²) >= 11 is 6.16. The SMILES string of the molecule is O=C(Cc1ccc(S(=O)(=O)N2CCC(O)C2)cc1)Cc1ccc(Cl)cc1Nc1ccccc1. The summed E-state index contributed by atoms with van der Waals surface area (Å²) in [5.74, 6) is 0.00621. The van der Waals surface area contributed by atoms with Crippen LogP contribution in [0.25, 0.3) is 0 Å². The van der Waals surface area contributed by atoms with Crippen LogP contribution in [0.4, 0.5) is 11.4 Å². The number of benzene rings is 3. The largest absolute Gasteiger partial charge is 0.392 e. The monoisotopic (exact) mass is 484 g/mol. The molecule has 3 aromatic rings. The van der Waals surface area contributed by atoms with Crippen LogP contribution in [0.5, 0.6) is 0 Å². The van der Waals surface area contributed by atoms with E-state index < -0.39 is 16.1 Å². The summed E-state index contributed by atoms with van der Waals surface area (Å²) in [7, 11) is -3.64. The summed E-state index contributed by atoms with van der Waals surface area (Å²) in [5, 5.41) is 13.5. The molecule has 1 heterocycles. The van der Waals surface area contributed by atoms with Gasteiger partial charge < -0.3 is 10.4 Å². The van der Waals surface area contributed by atoms with Gasteiger partial charge >= 0.3 is 0 Å². The standard InChI is InChI=1S/C25H25ClN2O4S/c26-20-9-8-19(25(16-20)27-21-4-2-1-3-5-21)15-23(30)14-18-6-10-24(11-7-18)33(31,32)28-13-12-22(29)17-28/h1-11,16,22,27,29H,12-15,17H2. The number of nitrogens with one attached hydrogen (secondary N) is 1. The van der Waals surface area contributed by atoms with E-state index in [9.17, 15) is 18.3 Å². The molecule has 0 spiro atoms. The fourth-order valence-corrected chi connectivity index (χ4v) is 5.52. The second kappa shape index (κ2) is 10.1. The number of carbonyl (C=O) groups is 1. The highest BCUT2D eigenvalue weighted by Gasteiger charge is 2.31. The Bertz CT molecular complexity index is 1230. The third-order valence-corrected chi connectivity index (χ3v) is 7.72. The van der Waals surface area contributed by atoms with Crippen LogP contribution in [0.1, 0.15) is 17.5 Å². The fourth-order valence-electron chi connectivity index (χ4n) is 3.86. The molecule has 33 heavy (non-hydrogen) atoms. The second-order valence-corrected chi connectivity index (χ2v) is 10.5. The molecule has 3 aromatic carbocycles. The number of sulfonamides is 1. The van der Waals surface area contributed by atoms with Gasteiger partial charge in [-0.1, -0.05) is 48.0 Å². The lowest BCUT2D eigenvalue weighted by Crippen LogP contribution is -2.29. The first-order valence-corrected chi connectivity index (χ1v) is 12.5. The van der Waals surface area contributed by atoms with Gasteiger partial charge in [0, 0.05) is 42.3 Å². The van der Waals surface area contributed by atoms with Gasteiger partial charge in [0.25, 0.3) is 0 Å². The van der Waals surface area contributed by atoms with Gasteiger partial charge in [0.15, 0.2) is 0 Å². The van der Waals surface area contributed by atoms with E-state index in [4.69, 9.17) is 11.6 Å². The number of β-amino-alcohol motifs (C(OH)–C–C–N with tert-alkyl or cyclic N) is 1. The van der Waals surface area contributed by atoms with Crippen molar-refractivity contribution in [1.82, 2.24) is 4.31 Å². The van der Waals surface area contributed by atoms with Gasteiger partial charge in [0.05, 0.1) is 11.0 Å². The van der Waals surface area contributed by atoms with Gasteiger partial charge in [-0.2, -0.15) is 4.31 Å². The molecule has 1 saturated heterocycles. The zero-order valence-corrected chi connectivity index (χ0v) is 19.5. The Balaban J connectivity index is 1.43. The Kier molecular flexibility index (Phi) is 7.14. The van der Waals surface area contributed by atoms with Crippen molar-refractivity contribution in [2.75, 3.05) is 18.4 Å². The third kappa shape index (κ3) is 5.81. The molecular formula is C25H25ClN2O4S. The van der Waals surface area contributed by atoms with Crippen molar-refractivity contribution in [2.45, 2.75) is 30.3 Å². The van der Waals surface area contributed by atoms with Crippen molar-refractivity contribution in [2.24, 2.45) is 0 Å². The molecule has 4 rings (SSSR count). The highest BCUT2D eigenvalue weighted by atomic mass is 35.5. The minimum atomic E-state index is -3.64. The molecule has 0 amide bonds. The van der Waals surface area contributed by atoms with Crippen molar-refractivity contribution in [3.05, 3.63) is 88.9 Å². The van der Waals surface area contributed by atoms with Crippen LogP contribution in [-0.4, -0.2) is 42.8 Å². The lowest BCUT2D eigenvalue weighted by Gasteiger charge is -2.16. The Morgan fingerprint density at radius 2 is 1.76 bits per heavy atom. The summed E-state index contributed by atoms with van der Waals surface area (Å²) in [6.07, 6.45) is 0.233. The Hall–Kier alpha value is -2.71. The predicted octanol–water partition coefficient (Wildman–Crippen LogP) is 4.19. The molecule has 0 bridgehead atoms. The predicted molar refractivity (Wildman–Crippen MR) is 129 cm³/mol. The number of halogens is 1. The lowest BCUT2D eigenvalue weighted by molar-refractivity contribution is -0.117. The summed E-state index contributed by atoms with van der Waals surface area (Å²) in [6.45, 7) is 0.424. The van der Waals surface area contributed by atoms with Gasteiger partial charge in [-0.05, 0) is 53.9 Å². The number of hydrogen-bond acceptors (Lipinski definition) is 5. The topological polar surface area (TPSA) is 86.7 Å². The number of rotatable bonds is 8. The number of carbonyl (C=O) groups excluding carboxylic acids is 1. The normalized spacial score (nSPS) is 16.6. The molecule has 0 aromatic heterocycles. The van der Waals surface area contributed by atoms with Gasteiger partial charge in [0.2, 0.25) is 10.0 Å². The minimum absolute atomic E-state index is 0.00621. The second-order valence-electron chi connectivity index (χ2n) is 8.13. The average molecular weight is 485 g/mol. The van der Waals surface area contributed by atoms with Crippen LogP contribution in [-0.2, 0) is 27.7 Å². The van der Waals surface area contributed by atoms with E-state index in [0.717, 1.165) is 22.5 Å². The van der Waals surface area contributed by atoms with Crippen LogP contribution in [0.2, 0.25) is 5.02 Å². The summed E-state index contributed by atoms with van der Waals surface area (Å²) < 4.78 is 26.7. The van der Waals surface area contributed by atoms with Crippen LogP contribution in [0.15, 0.2) is 77.7 Å². The summed E-state index contributed by atoms with van der Waals surface area (Å²) in [6, 6.07) is 21.4. The lowest BCUT2D eigenvalue weighted by atomic mass is 10.0. The van der Waals surface area contributed by atoms with Gasteiger partial charge in [0.1, 0.15) is 5.78 Å². The minimum Gasteiger partial charge on any atom is -0.392 e. The van der Waals surface area contributed by atoms with Crippen molar-refractivity contribution in [3.8, 4) is 0 Å². The number of ketones is 1. The Labute approximate surface area is 198 Å². The van der Waals surface area contributed by atoms with E-state index in [1.165, 1.54) is 16.4 Å². The zero-order valence-electron chi connectivity index (χ0n) is 17.9. The number of aliphatic hydroxyl groups excluding tert-OH is 1. The molecule has 6 nitrogen and oxygen atoms in total. The smallest absolute Gasteiger partial charge is 0.243 e. The quantitative estimate of drug-likeness (QED) is 0.500. The zero-order chi connectivity index (χ0) is 23.4. The van der Waals surface area contributed by atoms with E-state index in [0.29, 0.717) is 18.0 Å². The average Bonchev–Trinajstić information content (AvgIpc) is 3.24. The molecule has 0 radical (unpaired) electrons. The first-order chi connectivity index (χ1) is 15.8. The number of anilines is 2. The van der Waals surface area contributed by atoms with Gasteiger partial charge in [-0.25, -0.2) is 8.42 Å². The highest BCUT2D eigenvalue weighted by molar-refractivity contribution is 7.89. The maximum Gasteiger partial charge on any atom is 0.243 e. The number of aliphatic hydroxyl groups is 1. The van der Waals surface area contributed by atoms with Crippen LogP contribution < -0.4 is 5.32 Å². The Morgan fingerprint density at radius 3 is 2.42 bits per heavy atom. The molecule has 1 aliphatic rings. The van der Waals surface area contributed by atoms with Crippen LogP contribution in [0.3, 0.4) is 0 Å². The first kappa shape index (κ1) is 23.4. The maximum absolute atomic E-state index is 12.8. The summed E-state index contributed by atoms with van der Waals surface area (Å²) in [4.78, 5) is 13.0. The van der Waals surface area contributed by atoms with Crippen LogP contribution >= 0.6 is 11.6 Å².